The summed E-state index contributed by atoms with van der Waals surface area (Å²) in [6.07, 6.45) is 4.65. The smallest absolute Gasteiger partial charge is 0.103 e. The molecule has 0 amide bonds. The van der Waals surface area contributed by atoms with Crippen LogP contribution in [0.25, 0.3) is 0 Å². The average Bonchev–Trinajstić information content (AvgIpc) is 2.81. The lowest BCUT2D eigenvalue weighted by molar-refractivity contribution is 0.0830. The fourth-order valence-electron chi connectivity index (χ4n) is 2.88. The zero-order valence-corrected chi connectivity index (χ0v) is 12.9. The van der Waals surface area contributed by atoms with Gasteiger partial charge in [-0.3, -0.25) is 5.32 Å². The molecule has 1 fully saturated rings. The normalized spacial score (nSPS) is 26.3. The SMILES string of the molecule is CCNC(C)(C#N)CCCCN(C)C1CCOC1C. The maximum atomic E-state index is 9.19. The first-order chi connectivity index (χ1) is 9.02. The van der Waals surface area contributed by atoms with E-state index in [2.05, 4.69) is 30.3 Å². The second-order valence-corrected chi connectivity index (χ2v) is 5.84. The van der Waals surface area contributed by atoms with Gasteiger partial charge in [0, 0.05) is 12.6 Å². The molecule has 1 aliphatic rings. The minimum Gasteiger partial charge on any atom is -0.377 e. The van der Waals surface area contributed by atoms with E-state index in [-0.39, 0.29) is 5.54 Å². The average molecular weight is 267 g/mol. The topological polar surface area (TPSA) is 48.3 Å². The first-order valence-electron chi connectivity index (χ1n) is 7.50. The van der Waals surface area contributed by atoms with Gasteiger partial charge in [-0.05, 0) is 59.7 Å². The van der Waals surface area contributed by atoms with E-state index < -0.39 is 0 Å². The number of unbranched alkanes of at least 4 members (excludes halogenated alkanes) is 1. The summed E-state index contributed by atoms with van der Waals surface area (Å²) in [6.45, 7) is 9.03. The van der Waals surface area contributed by atoms with Gasteiger partial charge in [-0.15, -0.1) is 0 Å². The van der Waals surface area contributed by atoms with Crippen molar-refractivity contribution in [2.45, 2.75) is 64.1 Å². The molecule has 4 heteroatoms. The molecular weight excluding hydrogens is 238 g/mol. The van der Waals surface area contributed by atoms with Gasteiger partial charge < -0.3 is 9.64 Å². The highest BCUT2D eigenvalue weighted by molar-refractivity contribution is 5.03. The zero-order valence-electron chi connectivity index (χ0n) is 12.9. The molecule has 3 atom stereocenters. The third kappa shape index (κ3) is 5.10. The van der Waals surface area contributed by atoms with E-state index in [0.717, 1.165) is 45.4 Å². The highest BCUT2D eigenvalue weighted by Crippen LogP contribution is 2.19. The Morgan fingerprint density at radius 3 is 2.74 bits per heavy atom. The maximum Gasteiger partial charge on any atom is 0.103 e. The van der Waals surface area contributed by atoms with Gasteiger partial charge >= 0.3 is 0 Å². The minimum atomic E-state index is -0.364. The lowest BCUT2D eigenvalue weighted by Gasteiger charge is -2.27. The molecule has 3 unspecified atom stereocenters. The Morgan fingerprint density at radius 2 is 2.21 bits per heavy atom. The van der Waals surface area contributed by atoms with Crippen molar-refractivity contribution < 1.29 is 4.74 Å². The Morgan fingerprint density at radius 1 is 1.47 bits per heavy atom. The number of ether oxygens (including phenoxy) is 1. The Kier molecular flexibility index (Phi) is 6.78. The quantitative estimate of drug-likeness (QED) is 0.685. The Bertz CT molecular complexity index is 302. The van der Waals surface area contributed by atoms with E-state index >= 15 is 0 Å². The van der Waals surface area contributed by atoms with Crippen molar-refractivity contribution in [3.8, 4) is 6.07 Å². The van der Waals surface area contributed by atoms with Gasteiger partial charge in [-0.25, -0.2) is 0 Å². The molecule has 0 radical (unpaired) electrons. The molecule has 1 rings (SSSR count). The highest BCUT2D eigenvalue weighted by atomic mass is 16.5. The monoisotopic (exact) mass is 267 g/mol. The molecule has 110 valence electrons. The van der Waals surface area contributed by atoms with E-state index in [1.165, 1.54) is 0 Å². The van der Waals surface area contributed by atoms with Crippen LogP contribution < -0.4 is 5.32 Å². The van der Waals surface area contributed by atoms with Crippen LogP contribution in [0.4, 0.5) is 0 Å². The lowest BCUT2D eigenvalue weighted by Crippen LogP contribution is -2.41. The molecule has 1 N–H and O–H groups in total. The van der Waals surface area contributed by atoms with Crippen LogP contribution in [0, 0.1) is 11.3 Å². The van der Waals surface area contributed by atoms with Crippen molar-refractivity contribution in [3.05, 3.63) is 0 Å². The predicted molar refractivity (Wildman–Crippen MR) is 78.0 cm³/mol. The fourth-order valence-corrected chi connectivity index (χ4v) is 2.88. The van der Waals surface area contributed by atoms with Crippen LogP contribution in [0.15, 0.2) is 0 Å². The van der Waals surface area contributed by atoms with E-state index in [1.54, 1.807) is 0 Å². The summed E-state index contributed by atoms with van der Waals surface area (Å²) < 4.78 is 5.60. The van der Waals surface area contributed by atoms with E-state index in [9.17, 15) is 5.26 Å². The van der Waals surface area contributed by atoms with Crippen molar-refractivity contribution in [2.24, 2.45) is 0 Å². The number of rotatable bonds is 8. The third-order valence-electron chi connectivity index (χ3n) is 4.15. The number of nitrogens with zero attached hydrogens (tertiary/aromatic N) is 2. The van der Waals surface area contributed by atoms with Crippen molar-refractivity contribution >= 4 is 0 Å². The van der Waals surface area contributed by atoms with Gasteiger partial charge in [0.25, 0.3) is 0 Å². The van der Waals surface area contributed by atoms with E-state index in [4.69, 9.17) is 4.74 Å². The van der Waals surface area contributed by atoms with E-state index in [1.807, 2.05) is 13.8 Å². The van der Waals surface area contributed by atoms with Crippen LogP contribution in [0.2, 0.25) is 0 Å². The van der Waals surface area contributed by atoms with Crippen LogP contribution in [0.3, 0.4) is 0 Å². The van der Waals surface area contributed by atoms with Gasteiger partial charge in [0.05, 0.1) is 12.2 Å². The summed E-state index contributed by atoms with van der Waals surface area (Å²) in [5, 5.41) is 12.5. The molecule has 0 aromatic carbocycles. The van der Waals surface area contributed by atoms with Gasteiger partial charge in [0.1, 0.15) is 5.54 Å². The summed E-state index contributed by atoms with van der Waals surface area (Å²) in [5.74, 6) is 0. The van der Waals surface area contributed by atoms with Crippen LogP contribution >= 0.6 is 0 Å². The molecule has 1 saturated heterocycles. The molecule has 1 aliphatic heterocycles. The number of likely N-dealkylation sites (N-methyl/N-ethyl adjacent to an activating group) is 1. The number of hydrogen-bond donors (Lipinski definition) is 1. The predicted octanol–water partition coefficient (Wildman–Crippen LogP) is 2.16. The van der Waals surface area contributed by atoms with Crippen molar-refractivity contribution in [1.82, 2.24) is 10.2 Å². The van der Waals surface area contributed by atoms with Gasteiger partial charge in [0.2, 0.25) is 0 Å². The van der Waals surface area contributed by atoms with E-state index in [0.29, 0.717) is 12.1 Å². The molecule has 0 bridgehead atoms. The fraction of sp³-hybridized carbons (Fsp3) is 0.933. The van der Waals surface area contributed by atoms with Crippen LogP contribution in [-0.4, -0.2) is 49.3 Å². The molecule has 1 heterocycles. The first kappa shape index (κ1) is 16.4. The summed E-state index contributed by atoms with van der Waals surface area (Å²) in [4.78, 5) is 2.41. The summed E-state index contributed by atoms with van der Waals surface area (Å²) in [7, 11) is 2.18. The Labute approximate surface area is 118 Å². The van der Waals surface area contributed by atoms with Crippen LogP contribution in [0.5, 0.6) is 0 Å². The lowest BCUT2D eigenvalue weighted by atomic mass is 9.96. The second kappa shape index (κ2) is 7.84. The molecule has 4 nitrogen and oxygen atoms in total. The molecule has 0 aromatic heterocycles. The molecule has 0 spiro atoms. The molecule has 0 aliphatic carbocycles. The second-order valence-electron chi connectivity index (χ2n) is 5.84. The van der Waals surface area contributed by atoms with Crippen LogP contribution in [-0.2, 0) is 4.74 Å². The Balaban J connectivity index is 2.21. The van der Waals surface area contributed by atoms with Gasteiger partial charge in [-0.1, -0.05) is 6.92 Å². The van der Waals surface area contributed by atoms with Gasteiger partial charge in [-0.2, -0.15) is 5.26 Å². The van der Waals surface area contributed by atoms with Crippen molar-refractivity contribution in [1.29, 1.82) is 5.26 Å². The van der Waals surface area contributed by atoms with Crippen molar-refractivity contribution in [2.75, 3.05) is 26.7 Å². The zero-order chi connectivity index (χ0) is 14.3. The largest absolute Gasteiger partial charge is 0.377 e. The first-order valence-corrected chi connectivity index (χ1v) is 7.50. The standard InChI is InChI=1S/C15H29N3O/c1-5-17-15(3,12-16)9-6-7-10-18(4)14-8-11-19-13(14)2/h13-14,17H,5-11H2,1-4H3. The minimum absolute atomic E-state index is 0.358. The summed E-state index contributed by atoms with van der Waals surface area (Å²) in [6, 6.07) is 2.95. The number of nitrogens with one attached hydrogen (secondary N) is 1. The number of nitriles is 1. The van der Waals surface area contributed by atoms with Crippen LogP contribution in [0.1, 0.15) is 46.5 Å². The molecule has 0 aromatic rings. The van der Waals surface area contributed by atoms with Gasteiger partial charge in [0.15, 0.2) is 0 Å². The summed E-state index contributed by atoms with van der Waals surface area (Å²) in [5.41, 5.74) is -0.364. The third-order valence-corrected chi connectivity index (χ3v) is 4.15. The highest BCUT2D eigenvalue weighted by Gasteiger charge is 2.27. The van der Waals surface area contributed by atoms with Crippen molar-refractivity contribution in [3.63, 3.8) is 0 Å². The Hall–Kier alpha value is -0.630. The molecule has 19 heavy (non-hydrogen) atoms. The molecular formula is C15H29N3O. The molecule has 0 saturated carbocycles. The summed E-state index contributed by atoms with van der Waals surface area (Å²) >= 11 is 0. The maximum absolute atomic E-state index is 9.19. The number of hydrogen-bond acceptors (Lipinski definition) is 4.